The van der Waals surface area contributed by atoms with Crippen LogP contribution in [0.25, 0.3) is 0 Å². The predicted molar refractivity (Wildman–Crippen MR) is 130 cm³/mol. The van der Waals surface area contributed by atoms with E-state index in [9.17, 15) is 14.7 Å². The number of fused-ring (bicyclic) bond motifs is 1. The van der Waals surface area contributed by atoms with Crippen LogP contribution in [0, 0.1) is 5.41 Å². The summed E-state index contributed by atoms with van der Waals surface area (Å²) in [7, 11) is 0. The number of hydrogen-bond donors (Lipinski definition) is 3. The van der Waals surface area contributed by atoms with Crippen molar-refractivity contribution in [3.63, 3.8) is 0 Å². The van der Waals surface area contributed by atoms with Crippen LogP contribution in [0.4, 0.5) is 16.5 Å². The Bertz CT molecular complexity index is 1280. The van der Waals surface area contributed by atoms with E-state index < -0.39 is 0 Å². The van der Waals surface area contributed by atoms with E-state index in [0.717, 1.165) is 50.3 Å². The first-order valence-corrected chi connectivity index (χ1v) is 12.2. The Labute approximate surface area is 200 Å². The normalized spacial score (nSPS) is 18.6. The fourth-order valence-corrected chi connectivity index (χ4v) is 5.74. The summed E-state index contributed by atoms with van der Waals surface area (Å²) in [4.78, 5) is 38.3. The van der Waals surface area contributed by atoms with Crippen molar-refractivity contribution in [2.45, 2.75) is 19.4 Å². The van der Waals surface area contributed by atoms with Crippen LogP contribution in [0.1, 0.15) is 39.3 Å². The van der Waals surface area contributed by atoms with Gasteiger partial charge in [0.15, 0.2) is 5.13 Å². The molecule has 0 atom stereocenters. The Morgan fingerprint density at radius 2 is 2.03 bits per heavy atom. The lowest BCUT2D eigenvalue weighted by molar-refractivity contribution is 0.0991. The molecule has 2 saturated heterocycles. The van der Waals surface area contributed by atoms with Gasteiger partial charge in [-0.25, -0.2) is 4.98 Å². The van der Waals surface area contributed by atoms with Crippen LogP contribution in [-0.2, 0) is 6.54 Å². The Balaban J connectivity index is 1.17. The number of hydrogen-bond acceptors (Lipinski definition) is 8. The van der Waals surface area contributed by atoms with Gasteiger partial charge in [-0.15, -0.1) is 11.3 Å². The molecule has 2 aromatic heterocycles. The largest absolute Gasteiger partial charge is 0.508 e. The number of rotatable bonds is 4. The lowest BCUT2D eigenvalue weighted by Gasteiger charge is -2.49. The minimum atomic E-state index is -0.338. The van der Waals surface area contributed by atoms with Gasteiger partial charge in [-0.1, -0.05) is 6.07 Å². The number of piperidine rings is 1. The van der Waals surface area contributed by atoms with Crippen LogP contribution in [0.3, 0.4) is 0 Å². The van der Waals surface area contributed by atoms with Crippen molar-refractivity contribution in [2.75, 3.05) is 41.3 Å². The van der Waals surface area contributed by atoms with E-state index in [4.69, 9.17) is 0 Å². The summed E-state index contributed by atoms with van der Waals surface area (Å²) >= 11 is 1.24. The first-order valence-electron chi connectivity index (χ1n) is 11.3. The zero-order valence-electron chi connectivity index (χ0n) is 18.5. The van der Waals surface area contributed by atoms with Crippen LogP contribution in [0.5, 0.6) is 5.75 Å². The van der Waals surface area contributed by atoms with Gasteiger partial charge in [-0.3, -0.25) is 19.5 Å². The van der Waals surface area contributed by atoms with Crippen LogP contribution in [0.15, 0.2) is 42.0 Å². The number of carbonyl (C=O) groups is 2. The topological polar surface area (TPSA) is 111 Å². The van der Waals surface area contributed by atoms with Gasteiger partial charge in [0.05, 0.1) is 24.1 Å². The second-order valence-electron chi connectivity index (χ2n) is 9.19. The minimum absolute atomic E-state index is 0.0497. The van der Waals surface area contributed by atoms with Gasteiger partial charge in [0.1, 0.15) is 11.4 Å². The van der Waals surface area contributed by atoms with Crippen molar-refractivity contribution in [2.24, 2.45) is 5.41 Å². The highest BCUT2D eigenvalue weighted by Crippen LogP contribution is 2.38. The molecule has 2 fully saturated rings. The maximum absolute atomic E-state index is 13.0. The molecule has 6 rings (SSSR count). The first kappa shape index (κ1) is 21.1. The molecule has 0 aliphatic carbocycles. The van der Waals surface area contributed by atoms with Gasteiger partial charge in [0.2, 0.25) is 0 Å². The van der Waals surface area contributed by atoms with E-state index in [-0.39, 0.29) is 23.3 Å². The van der Waals surface area contributed by atoms with E-state index in [1.165, 1.54) is 22.3 Å². The average Bonchev–Trinajstić information content (AvgIpc) is 3.44. The summed E-state index contributed by atoms with van der Waals surface area (Å²) in [6.45, 7) is 4.45. The summed E-state index contributed by atoms with van der Waals surface area (Å²) in [5.74, 6) is -0.518. The van der Waals surface area contributed by atoms with Gasteiger partial charge in [-0.2, -0.15) is 0 Å². The van der Waals surface area contributed by atoms with Crippen molar-refractivity contribution in [1.82, 2.24) is 15.3 Å². The Kier molecular flexibility index (Phi) is 5.00. The average molecular weight is 477 g/mol. The molecular formula is C24H24N6O3S. The smallest absolute Gasteiger partial charge is 0.275 e. The molecule has 9 nitrogen and oxygen atoms in total. The van der Waals surface area contributed by atoms with Crippen molar-refractivity contribution in [1.29, 1.82) is 0 Å². The lowest BCUT2D eigenvalue weighted by Crippen LogP contribution is -2.58. The highest BCUT2D eigenvalue weighted by Gasteiger charge is 2.40. The number of anilines is 3. The number of phenols is 1. The molecule has 3 aliphatic heterocycles. The van der Waals surface area contributed by atoms with E-state index in [2.05, 4.69) is 25.5 Å². The van der Waals surface area contributed by atoms with Crippen LogP contribution in [0.2, 0.25) is 0 Å². The SMILES string of the molecule is O=C(Nc1cnccc1N1CCC2(CC1)CNC2)c1csc(N2Cc3ccc(O)cc3C2=O)n1. The number of aromatic hydroxyl groups is 1. The lowest BCUT2D eigenvalue weighted by atomic mass is 9.73. The highest BCUT2D eigenvalue weighted by atomic mass is 32.1. The van der Waals surface area contributed by atoms with Crippen LogP contribution >= 0.6 is 11.3 Å². The first-order chi connectivity index (χ1) is 16.5. The predicted octanol–water partition coefficient (Wildman–Crippen LogP) is 2.85. The second-order valence-corrected chi connectivity index (χ2v) is 10.0. The molecule has 0 radical (unpaired) electrons. The van der Waals surface area contributed by atoms with Crippen LogP contribution < -0.4 is 20.4 Å². The standard InChI is InChI=1S/C24H24N6O3S/c31-16-2-1-15-11-30(22(33)17(15)9-16)23-28-19(12-34-23)21(32)27-18-10-25-6-3-20(18)29-7-4-24(5-8-29)13-26-14-24/h1-3,6,9-10,12,26,31H,4-5,7-8,11,13-14H2,(H,27,32). The van der Waals surface area contributed by atoms with Gasteiger partial charge in [-0.05, 0) is 42.0 Å². The molecule has 3 aliphatic rings. The zero-order chi connectivity index (χ0) is 23.3. The van der Waals surface area contributed by atoms with Gasteiger partial charge < -0.3 is 20.6 Å². The number of thiazole rings is 1. The number of pyridine rings is 1. The van der Waals surface area contributed by atoms with Crippen molar-refractivity contribution >= 4 is 39.7 Å². The summed E-state index contributed by atoms with van der Waals surface area (Å²) < 4.78 is 0. The highest BCUT2D eigenvalue weighted by molar-refractivity contribution is 7.14. The summed E-state index contributed by atoms with van der Waals surface area (Å²) in [5, 5.41) is 18.2. The molecule has 0 bridgehead atoms. The third-order valence-corrected chi connectivity index (χ3v) is 7.93. The molecule has 1 aromatic carbocycles. The summed E-state index contributed by atoms with van der Waals surface area (Å²) in [5.41, 5.74) is 3.59. The Hall–Kier alpha value is -3.50. The molecule has 3 aromatic rings. The molecule has 0 unspecified atom stereocenters. The molecule has 0 saturated carbocycles. The quantitative estimate of drug-likeness (QED) is 0.531. The third kappa shape index (κ3) is 3.59. The van der Waals surface area contributed by atoms with E-state index in [1.807, 2.05) is 6.07 Å². The van der Waals surface area contributed by atoms with Crippen molar-refractivity contribution < 1.29 is 14.7 Å². The summed E-state index contributed by atoms with van der Waals surface area (Å²) in [6.07, 6.45) is 5.68. The fraction of sp³-hybridized carbons (Fsp3) is 0.333. The number of amides is 2. The van der Waals surface area contributed by atoms with E-state index in [0.29, 0.717) is 28.3 Å². The third-order valence-electron chi connectivity index (χ3n) is 7.06. The molecule has 2 amide bonds. The second kappa shape index (κ2) is 8.07. The number of nitrogens with zero attached hydrogens (tertiary/aromatic N) is 4. The van der Waals surface area contributed by atoms with Gasteiger partial charge in [0.25, 0.3) is 11.8 Å². The number of aromatic nitrogens is 2. The van der Waals surface area contributed by atoms with E-state index in [1.54, 1.807) is 29.9 Å². The molecule has 174 valence electrons. The van der Waals surface area contributed by atoms with Crippen LogP contribution in [-0.4, -0.2) is 53.1 Å². The van der Waals surface area contributed by atoms with Gasteiger partial charge >= 0.3 is 0 Å². The molecule has 10 heteroatoms. The number of benzene rings is 1. The monoisotopic (exact) mass is 476 g/mol. The van der Waals surface area contributed by atoms with Crippen molar-refractivity contribution in [3.8, 4) is 5.75 Å². The van der Waals surface area contributed by atoms with Crippen molar-refractivity contribution in [3.05, 3.63) is 58.9 Å². The molecule has 5 heterocycles. The number of phenolic OH excluding ortho intramolecular Hbond substituents is 1. The van der Waals surface area contributed by atoms with Gasteiger partial charge in [0, 0.05) is 43.3 Å². The Morgan fingerprint density at radius 3 is 2.79 bits per heavy atom. The molecule has 3 N–H and O–H groups in total. The minimum Gasteiger partial charge on any atom is -0.508 e. The molecular weight excluding hydrogens is 452 g/mol. The maximum Gasteiger partial charge on any atom is 0.275 e. The number of nitrogens with one attached hydrogen (secondary N) is 2. The summed E-state index contributed by atoms with van der Waals surface area (Å²) in [6, 6.07) is 6.70. The molecule has 1 spiro atoms. The fourth-order valence-electron chi connectivity index (χ4n) is 4.94. The maximum atomic E-state index is 13.0. The Morgan fingerprint density at radius 1 is 1.21 bits per heavy atom. The zero-order valence-corrected chi connectivity index (χ0v) is 19.3. The molecule has 34 heavy (non-hydrogen) atoms. The van der Waals surface area contributed by atoms with E-state index >= 15 is 0 Å². The number of carbonyl (C=O) groups excluding carboxylic acids is 2.